The van der Waals surface area contributed by atoms with Gasteiger partial charge in [-0.1, -0.05) is 0 Å². The van der Waals surface area contributed by atoms with Crippen LogP contribution in [0.25, 0.3) is 0 Å². The molecule has 0 atom stereocenters. The average molecular weight is 725 g/mol. The first-order chi connectivity index (χ1) is 25.4. The van der Waals surface area contributed by atoms with E-state index >= 15 is 0 Å². The zero-order valence-electron chi connectivity index (χ0n) is 30.8. The monoisotopic (exact) mass is 724 g/mol. The molecule has 0 aliphatic carbocycles. The Morgan fingerprint density at radius 1 is 0.385 bits per heavy atom. The Kier molecular flexibility index (Phi) is 16.0. The lowest BCUT2D eigenvalue weighted by Crippen LogP contribution is -2.13. The Bertz CT molecular complexity index is 1460. The van der Waals surface area contributed by atoms with E-state index in [1.807, 2.05) is 64.1 Å². The van der Waals surface area contributed by atoms with Crippen molar-refractivity contribution in [3.05, 3.63) is 47.8 Å². The normalized spacial score (nSPS) is 21.6. The predicted molar refractivity (Wildman–Crippen MR) is 200 cm³/mol. The number of ether oxygens (including phenoxy) is 10. The summed E-state index contributed by atoms with van der Waals surface area (Å²) in [6.45, 7) is 14.8. The zero-order valence-corrected chi connectivity index (χ0v) is 30.8. The van der Waals surface area contributed by atoms with Gasteiger partial charge in [-0.05, 0) is 39.8 Å². The molecule has 2 N–H and O–H groups in total. The summed E-state index contributed by atoms with van der Waals surface area (Å²) in [6.07, 6.45) is 3.94. The molecule has 0 amide bonds. The number of aliphatic imine (C=N–C) groups is 2. The molecule has 0 fully saturated rings. The van der Waals surface area contributed by atoms with Crippen LogP contribution in [0.1, 0.15) is 27.7 Å². The minimum Gasteiger partial charge on any atom is -0.487 e. The highest BCUT2D eigenvalue weighted by Crippen LogP contribution is 2.41. The molecule has 3 heterocycles. The van der Waals surface area contributed by atoms with Gasteiger partial charge in [-0.15, -0.1) is 0 Å². The van der Waals surface area contributed by atoms with Crippen LogP contribution in [-0.4, -0.2) is 117 Å². The number of hydrogen-bond donors (Lipinski definition) is 2. The molecule has 0 aromatic heterocycles. The van der Waals surface area contributed by atoms with Gasteiger partial charge in [0.2, 0.25) is 0 Å². The van der Waals surface area contributed by atoms with Crippen LogP contribution < -0.4 is 29.6 Å². The number of anilines is 2. The fraction of sp³-hybridized carbons (Fsp3) is 0.526. The second kappa shape index (κ2) is 21.4. The first-order valence-electron chi connectivity index (χ1n) is 17.8. The number of fused-ring (bicyclic) bond motifs is 4. The summed E-state index contributed by atoms with van der Waals surface area (Å²) in [6, 6.07) is 7.57. The van der Waals surface area contributed by atoms with Gasteiger partial charge in [0.1, 0.15) is 26.4 Å². The Morgan fingerprint density at radius 3 is 0.962 bits per heavy atom. The third kappa shape index (κ3) is 13.1. The van der Waals surface area contributed by atoms with Crippen LogP contribution in [0.3, 0.4) is 0 Å². The molecule has 0 unspecified atom stereocenters. The van der Waals surface area contributed by atoms with Gasteiger partial charge in [-0.25, -0.2) is 0 Å². The molecule has 3 aliphatic rings. The molecule has 2 aromatic carbocycles. The lowest BCUT2D eigenvalue weighted by molar-refractivity contribution is 0.00708. The Hall–Kier alpha value is -4.18. The van der Waals surface area contributed by atoms with E-state index in [9.17, 15) is 0 Å². The minimum atomic E-state index is 0.340. The van der Waals surface area contributed by atoms with Gasteiger partial charge in [-0.2, -0.15) is 0 Å². The molecule has 0 spiro atoms. The highest BCUT2D eigenvalue weighted by molar-refractivity contribution is 5.99. The lowest BCUT2D eigenvalue weighted by atomic mass is 10.2. The highest BCUT2D eigenvalue weighted by Gasteiger charge is 2.17. The summed E-state index contributed by atoms with van der Waals surface area (Å²) in [7, 11) is 0. The summed E-state index contributed by atoms with van der Waals surface area (Å²) in [5.74, 6) is 2.25. The van der Waals surface area contributed by atoms with Crippen molar-refractivity contribution in [2.45, 2.75) is 27.7 Å². The molecule has 0 saturated heterocycles. The van der Waals surface area contributed by atoms with Crippen molar-refractivity contribution in [3.63, 3.8) is 0 Å². The van der Waals surface area contributed by atoms with Crippen molar-refractivity contribution in [3.8, 4) is 23.0 Å². The van der Waals surface area contributed by atoms with E-state index in [0.717, 1.165) is 34.2 Å². The van der Waals surface area contributed by atoms with Gasteiger partial charge in [0.05, 0.1) is 102 Å². The van der Waals surface area contributed by atoms with E-state index in [0.29, 0.717) is 140 Å². The van der Waals surface area contributed by atoms with Crippen molar-refractivity contribution in [2.75, 3.05) is 116 Å². The minimum absolute atomic E-state index is 0.340. The molecular weight excluding hydrogens is 672 g/mol. The molecule has 52 heavy (non-hydrogen) atoms. The van der Waals surface area contributed by atoms with Crippen LogP contribution in [0, 0.1) is 0 Å². The number of nitrogens with one attached hydrogen (secondary N) is 2. The van der Waals surface area contributed by atoms with Gasteiger partial charge in [0, 0.05) is 47.1 Å². The molecule has 3 aliphatic heterocycles. The van der Waals surface area contributed by atoms with E-state index in [-0.39, 0.29) is 0 Å². The summed E-state index contributed by atoms with van der Waals surface area (Å²) in [5.41, 5.74) is 6.06. The van der Waals surface area contributed by atoms with Crippen LogP contribution >= 0.6 is 0 Å². The maximum Gasteiger partial charge on any atom is 0.163 e. The zero-order chi connectivity index (χ0) is 36.4. The van der Waals surface area contributed by atoms with E-state index in [2.05, 4.69) is 10.6 Å². The van der Waals surface area contributed by atoms with Crippen molar-refractivity contribution in [1.82, 2.24) is 0 Å². The highest BCUT2D eigenvalue weighted by atomic mass is 16.6. The third-order valence-corrected chi connectivity index (χ3v) is 7.66. The summed E-state index contributed by atoms with van der Waals surface area (Å²) >= 11 is 0. The maximum atomic E-state index is 6.16. The molecule has 0 radical (unpaired) electrons. The van der Waals surface area contributed by atoms with E-state index in [4.69, 9.17) is 57.4 Å². The van der Waals surface area contributed by atoms with Crippen LogP contribution in [-0.2, 0) is 28.4 Å². The van der Waals surface area contributed by atoms with Crippen LogP contribution in [0.15, 0.2) is 57.8 Å². The molecule has 2 aromatic rings. The quantitative estimate of drug-likeness (QED) is 0.336. The SMILES string of the molecule is CC1=Nc2cc3c(cc2N/C(C)=C\C(C)=Nc2cc4c(cc2N/C(C)=C\1)OCCOCCOCCOCCO4)OCCOCCOCCOCCO3. The number of nitrogens with zero attached hydrogens (tertiary/aromatic N) is 2. The van der Waals surface area contributed by atoms with Gasteiger partial charge >= 0.3 is 0 Å². The number of rotatable bonds is 0. The van der Waals surface area contributed by atoms with E-state index in [1.165, 1.54) is 0 Å². The fourth-order valence-electron chi connectivity index (χ4n) is 5.43. The Balaban J connectivity index is 1.47. The summed E-state index contributed by atoms with van der Waals surface area (Å²) in [5, 5.41) is 7.03. The fourth-order valence-corrected chi connectivity index (χ4v) is 5.43. The van der Waals surface area contributed by atoms with Crippen LogP contribution in [0.2, 0.25) is 0 Å². The summed E-state index contributed by atoms with van der Waals surface area (Å²) < 4.78 is 58.4. The molecule has 14 nitrogen and oxygen atoms in total. The van der Waals surface area contributed by atoms with Gasteiger partial charge < -0.3 is 58.0 Å². The smallest absolute Gasteiger partial charge is 0.163 e. The predicted octanol–water partition coefficient (Wildman–Crippen LogP) is 5.86. The summed E-state index contributed by atoms with van der Waals surface area (Å²) in [4.78, 5) is 10.0. The lowest BCUT2D eigenvalue weighted by Gasteiger charge is -2.19. The molecule has 14 heteroatoms. The van der Waals surface area contributed by atoms with E-state index in [1.54, 1.807) is 0 Å². The van der Waals surface area contributed by atoms with Crippen molar-refractivity contribution < 1.29 is 47.4 Å². The number of allylic oxidation sites excluding steroid dienone is 4. The molecule has 0 saturated carbocycles. The van der Waals surface area contributed by atoms with Crippen LogP contribution in [0.5, 0.6) is 23.0 Å². The second-order valence-corrected chi connectivity index (χ2v) is 12.1. The topological polar surface area (TPSA) is 141 Å². The Labute approximate surface area is 306 Å². The molecule has 5 rings (SSSR count). The number of hydrogen-bond acceptors (Lipinski definition) is 14. The first-order valence-corrected chi connectivity index (χ1v) is 17.8. The van der Waals surface area contributed by atoms with Crippen molar-refractivity contribution in [1.29, 1.82) is 0 Å². The van der Waals surface area contributed by atoms with E-state index < -0.39 is 0 Å². The van der Waals surface area contributed by atoms with Crippen LogP contribution in [0.4, 0.5) is 22.7 Å². The van der Waals surface area contributed by atoms with Crippen molar-refractivity contribution >= 4 is 34.2 Å². The molecule has 0 bridgehead atoms. The maximum absolute atomic E-state index is 6.16. The Morgan fingerprint density at radius 2 is 0.654 bits per heavy atom. The first kappa shape index (κ1) is 39.0. The number of benzene rings is 2. The third-order valence-electron chi connectivity index (χ3n) is 7.66. The standard InChI is InChI=1S/C38H52N4O10/c1-27-21-28(2)40-33-25-37-38(52-20-16-48-12-8-44-7-11-47-15-19-51-37)26-34(33)42-30(4)22-29(3)41-32-24-36-35(23-31(32)39-27)49-17-13-45-9-5-43-6-10-46-14-18-50-36/h21-26,39,42H,5-20H2,1-4H3/b27-21-,30-22-,40-28?,41-29?. The van der Waals surface area contributed by atoms with Gasteiger partial charge in [0.25, 0.3) is 0 Å². The van der Waals surface area contributed by atoms with Gasteiger partial charge in [-0.3, -0.25) is 9.98 Å². The molecular formula is C38H52N4O10. The largest absolute Gasteiger partial charge is 0.487 e. The second-order valence-electron chi connectivity index (χ2n) is 12.1. The average Bonchev–Trinajstić information content (AvgIpc) is 3.12. The molecule has 284 valence electrons. The van der Waals surface area contributed by atoms with Gasteiger partial charge in [0.15, 0.2) is 23.0 Å². The van der Waals surface area contributed by atoms with Crippen molar-refractivity contribution in [2.24, 2.45) is 9.98 Å².